The van der Waals surface area contributed by atoms with E-state index < -0.39 is 5.82 Å². The summed E-state index contributed by atoms with van der Waals surface area (Å²) >= 11 is 6.10. The van der Waals surface area contributed by atoms with Gasteiger partial charge in [0.1, 0.15) is 0 Å². The van der Waals surface area contributed by atoms with Gasteiger partial charge in [0.2, 0.25) is 6.79 Å². The van der Waals surface area contributed by atoms with E-state index >= 15 is 0 Å². The second-order valence-corrected chi connectivity index (χ2v) is 5.73. The van der Waals surface area contributed by atoms with Gasteiger partial charge in [0, 0.05) is 19.2 Å². The molecule has 5 nitrogen and oxygen atoms in total. The Morgan fingerprint density at radius 2 is 2.12 bits per heavy atom. The molecule has 0 atom stereocenters. The molecule has 0 saturated carbocycles. The van der Waals surface area contributed by atoms with Crippen LogP contribution in [0.2, 0.25) is 5.02 Å². The molecule has 0 radical (unpaired) electrons. The number of nitrogens with zero attached hydrogens (tertiary/aromatic N) is 1. The predicted molar refractivity (Wildman–Crippen MR) is 86.3 cm³/mol. The number of amides is 1. The molecule has 0 unspecified atom stereocenters. The Labute approximate surface area is 143 Å². The van der Waals surface area contributed by atoms with Gasteiger partial charge in [-0.3, -0.25) is 4.79 Å². The van der Waals surface area contributed by atoms with Gasteiger partial charge in [-0.2, -0.15) is 0 Å². The van der Waals surface area contributed by atoms with Crippen LogP contribution in [0.15, 0.2) is 30.3 Å². The lowest BCUT2D eigenvalue weighted by molar-refractivity contribution is 0.0784. The molecule has 0 aliphatic carbocycles. The highest BCUT2D eigenvalue weighted by Gasteiger charge is 2.22. The third-order valence-electron chi connectivity index (χ3n) is 3.66. The van der Waals surface area contributed by atoms with Crippen molar-refractivity contribution in [1.29, 1.82) is 0 Å². The molecule has 126 valence electrons. The standard InChI is InChI=1S/C17H15ClFNO4/c1-20(8-10-3-4-14(22-2)13(19)5-10)17(21)11-6-12(18)16-15(7-11)23-9-24-16/h3-7H,8-9H2,1-2H3. The number of methoxy groups -OCH3 is 1. The molecule has 24 heavy (non-hydrogen) atoms. The fraction of sp³-hybridized carbons (Fsp3) is 0.235. The summed E-state index contributed by atoms with van der Waals surface area (Å²) in [5, 5.41) is 0.317. The van der Waals surface area contributed by atoms with Gasteiger partial charge in [0.25, 0.3) is 5.91 Å². The normalized spacial score (nSPS) is 12.2. The molecule has 0 N–H and O–H groups in total. The molecule has 0 aromatic heterocycles. The molecule has 2 aromatic carbocycles. The molecule has 7 heteroatoms. The number of hydrogen-bond acceptors (Lipinski definition) is 4. The average Bonchev–Trinajstić information content (AvgIpc) is 3.03. The number of benzene rings is 2. The SMILES string of the molecule is COc1ccc(CN(C)C(=O)c2cc(Cl)c3c(c2)OCO3)cc1F. The van der Waals surface area contributed by atoms with Crippen molar-refractivity contribution < 1.29 is 23.4 Å². The summed E-state index contributed by atoms with van der Waals surface area (Å²) in [7, 11) is 3.03. The highest BCUT2D eigenvalue weighted by atomic mass is 35.5. The van der Waals surface area contributed by atoms with E-state index in [2.05, 4.69) is 0 Å². The van der Waals surface area contributed by atoms with Crippen LogP contribution in [0.5, 0.6) is 17.2 Å². The Hall–Kier alpha value is -2.47. The summed E-state index contributed by atoms with van der Waals surface area (Å²) in [4.78, 5) is 14.0. The van der Waals surface area contributed by atoms with Crippen molar-refractivity contribution in [3.8, 4) is 17.2 Å². The van der Waals surface area contributed by atoms with Crippen LogP contribution in [0.4, 0.5) is 4.39 Å². The van der Waals surface area contributed by atoms with Gasteiger partial charge in [-0.15, -0.1) is 0 Å². The van der Waals surface area contributed by atoms with Crippen LogP contribution in [0.3, 0.4) is 0 Å². The maximum Gasteiger partial charge on any atom is 0.254 e. The fourth-order valence-electron chi connectivity index (χ4n) is 2.47. The number of ether oxygens (including phenoxy) is 3. The molecule has 0 spiro atoms. The maximum absolute atomic E-state index is 13.8. The molecule has 0 saturated heterocycles. The van der Waals surface area contributed by atoms with Gasteiger partial charge in [0.15, 0.2) is 23.1 Å². The first-order valence-electron chi connectivity index (χ1n) is 7.16. The smallest absolute Gasteiger partial charge is 0.254 e. The average molecular weight is 352 g/mol. The Morgan fingerprint density at radius 1 is 1.33 bits per heavy atom. The highest BCUT2D eigenvalue weighted by molar-refractivity contribution is 6.32. The molecule has 0 fully saturated rings. The molecule has 1 heterocycles. The topological polar surface area (TPSA) is 48.0 Å². The number of carbonyl (C=O) groups excluding carboxylic acids is 1. The summed E-state index contributed by atoms with van der Waals surface area (Å²) in [5.41, 5.74) is 1.02. The molecule has 1 amide bonds. The second-order valence-electron chi connectivity index (χ2n) is 5.32. The lowest BCUT2D eigenvalue weighted by Gasteiger charge is -2.18. The van der Waals surface area contributed by atoms with Crippen LogP contribution in [-0.4, -0.2) is 31.8 Å². The van der Waals surface area contributed by atoms with Gasteiger partial charge in [0.05, 0.1) is 12.1 Å². The van der Waals surface area contributed by atoms with Crippen molar-refractivity contribution in [2.24, 2.45) is 0 Å². The molecule has 2 aromatic rings. The van der Waals surface area contributed by atoms with Crippen molar-refractivity contribution in [2.75, 3.05) is 21.0 Å². The first-order chi connectivity index (χ1) is 11.5. The van der Waals surface area contributed by atoms with Gasteiger partial charge in [-0.1, -0.05) is 17.7 Å². The monoisotopic (exact) mass is 351 g/mol. The number of hydrogen-bond donors (Lipinski definition) is 0. The molecule has 0 bridgehead atoms. The molecular formula is C17H15ClFNO4. The minimum Gasteiger partial charge on any atom is -0.494 e. The number of fused-ring (bicyclic) bond motifs is 1. The van der Waals surface area contributed by atoms with Crippen LogP contribution in [0, 0.1) is 5.82 Å². The van der Waals surface area contributed by atoms with Crippen LogP contribution in [-0.2, 0) is 6.54 Å². The van der Waals surface area contributed by atoms with E-state index in [1.54, 1.807) is 19.2 Å². The summed E-state index contributed by atoms with van der Waals surface area (Å²) < 4.78 is 29.1. The Kier molecular flexibility index (Phi) is 4.49. The maximum atomic E-state index is 13.8. The zero-order valence-electron chi connectivity index (χ0n) is 13.1. The van der Waals surface area contributed by atoms with Crippen LogP contribution in [0.1, 0.15) is 15.9 Å². The lowest BCUT2D eigenvalue weighted by Crippen LogP contribution is -2.26. The summed E-state index contributed by atoms with van der Waals surface area (Å²) in [6.07, 6.45) is 0. The minimum absolute atomic E-state index is 0.0770. The third-order valence-corrected chi connectivity index (χ3v) is 3.94. The van der Waals surface area contributed by atoms with Crippen LogP contribution < -0.4 is 14.2 Å². The van der Waals surface area contributed by atoms with Crippen molar-refractivity contribution in [3.05, 3.63) is 52.3 Å². The van der Waals surface area contributed by atoms with E-state index in [1.165, 1.54) is 30.2 Å². The minimum atomic E-state index is -0.470. The van der Waals surface area contributed by atoms with E-state index in [-0.39, 0.29) is 25.0 Å². The third kappa shape index (κ3) is 3.10. The molecule has 1 aliphatic heterocycles. The summed E-state index contributed by atoms with van der Waals surface area (Å²) in [5.74, 6) is 0.312. The Bertz CT molecular complexity index is 796. The van der Waals surface area contributed by atoms with Crippen LogP contribution in [0.25, 0.3) is 0 Å². The quantitative estimate of drug-likeness (QED) is 0.846. The van der Waals surface area contributed by atoms with Gasteiger partial charge >= 0.3 is 0 Å². The van der Waals surface area contributed by atoms with E-state index in [0.29, 0.717) is 27.6 Å². The van der Waals surface area contributed by atoms with Crippen molar-refractivity contribution >= 4 is 17.5 Å². The van der Waals surface area contributed by atoms with Gasteiger partial charge < -0.3 is 19.1 Å². The number of halogens is 2. The van der Waals surface area contributed by atoms with E-state index in [0.717, 1.165) is 0 Å². The fourth-order valence-corrected chi connectivity index (χ4v) is 2.73. The Balaban J connectivity index is 1.78. The summed E-state index contributed by atoms with van der Waals surface area (Å²) in [6, 6.07) is 7.69. The second kappa shape index (κ2) is 6.57. The molecule has 1 aliphatic rings. The first kappa shape index (κ1) is 16.4. The van der Waals surface area contributed by atoms with E-state index in [9.17, 15) is 9.18 Å². The molecule has 3 rings (SSSR count). The lowest BCUT2D eigenvalue weighted by atomic mass is 10.1. The largest absolute Gasteiger partial charge is 0.494 e. The number of carbonyl (C=O) groups is 1. The van der Waals surface area contributed by atoms with Gasteiger partial charge in [-0.25, -0.2) is 4.39 Å². The zero-order valence-corrected chi connectivity index (χ0v) is 13.9. The zero-order chi connectivity index (χ0) is 17.3. The van der Waals surface area contributed by atoms with Crippen molar-refractivity contribution in [3.63, 3.8) is 0 Å². The van der Waals surface area contributed by atoms with Crippen molar-refractivity contribution in [2.45, 2.75) is 6.54 Å². The highest BCUT2D eigenvalue weighted by Crippen LogP contribution is 2.40. The summed E-state index contributed by atoms with van der Waals surface area (Å²) in [6.45, 7) is 0.319. The number of rotatable bonds is 4. The van der Waals surface area contributed by atoms with Gasteiger partial charge in [-0.05, 0) is 29.8 Å². The first-order valence-corrected chi connectivity index (χ1v) is 7.54. The van der Waals surface area contributed by atoms with E-state index in [1.807, 2.05) is 0 Å². The van der Waals surface area contributed by atoms with Crippen LogP contribution >= 0.6 is 11.6 Å². The molecular weight excluding hydrogens is 337 g/mol. The predicted octanol–water partition coefficient (Wildman–Crippen LogP) is 3.49. The van der Waals surface area contributed by atoms with Crippen molar-refractivity contribution in [1.82, 2.24) is 4.90 Å². The Morgan fingerprint density at radius 3 is 2.83 bits per heavy atom. The van der Waals surface area contributed by atoms with E-state index in [4.69, 9.17) is 25.8 Å².